The first-order chi connectivity index (χ1) is 13.7. The maximum atomic E-state index is 13.2. The van der Waals surface area contributed by atoms with E-state index in [1.807, 2.05) is 19.9 Å². The molecule has 3 aromatic carbocycles. The predicted octanol–water partition coefficient (Wildman–Crippen LogP) is 4.80. The molecule has 2 N–H and O–H groups in total. The van der Waals surface area contributed by atoms with E-state index in [1.54, 1.807) is 19.1 Å². The van der Waals surface area contributed by atoms with Crippen molar-refractivity contribution in [3.8, 4) is 0 Å². The zero-order chi connectivity index (χ0) is 21.2. The summed E-state index contributed by atoms with van der Waals surface area (Å²) in [5.41, 5.74) is 3.72. The second-order valence-electron chi connectivity index (χ2n) is 6.79. The molecule has 0 spiro atoms. The standard InChI is InChI=1S/C22H21FN2O3S/c1-14-5-4-6-21(16(14)3)25-29(27,28)19-10-7-17(8-11-19)22(26)24-20-12-9-18(23)13-15(20)2/h4-13,25H,1-3H3,(H,24,26). The van der Waals surface area contributed by atoms with Gasteiger partial charge in [0.15, 0.2) is 0 Å². The summed E-state index contributed by atoms with van der Waals surface area (Å²) in [6.07, 6.45) is 0. The second-order valence-corrected chi connectivity index (χ2v) is 8.47. The molecule has 0 fully saturated rings. The third-order valence-corrected chi connectivity index (χ3v) is 6.09. The van der Waals surface area contributed by atoms with Crippen LogP contribution in [0.3, 0.4) is 0 Å². The number of anilines is 2. The third-order valence-electron chi connectivity index (χ3n) is 4.71. The Hall–Kier alpha value is -3.19. The lowest BCUT2D eigenvalue weighted by atomic mass is 10.1. The summed E-state index contributed by atoms with van der Waals surface area (Å²) in [6.45, 7) is 5.44. The van der Waals surface area contributed by atoms with Crippen LogP contribution in [0.1, 0.15) is 27.0 Å². The summed E-state index contributed by atoms with van der Waals surface area (Å²) < 4.78 is 41.1. The quantitative estimate of drug-likeness (QED) is 0.632. The third kappa shape index (κ3) is 4.63. The minimum Gasteiger partial charge on any atom is -0.322 e. The molecule has 0 aliphatic carbocycles. The minimum absolute atomic E-state index is 0.0490. The van der Waals surface area contributed by atoms with E-state index in [1.165, 1.54) is 42.5 Å². The Balaban J connectivity index is 1.78. The lowest BCUT2D eigenvalue weighted by molar-refractivity contribution is 0.102. The first kappa shape index (κ1) is 20.5. The number of hydrogen-bond donors (Lipinski definition) is 2. The van der Waals surface area contributed by atoms with Crippen LogP contribution in [0.2, 0.25) is 0 Å². The molecule has 29 heavy (non-hydrogen) atoms. The van der Waals surface area contributed by atoms with E-state index in [4.69, 9.17) is 0 Å². The van der Waals surface area contributed by atoms with Gasteiger partial charge < -0.3 is 5.32 Å². The lowest BCUT2D eigenvalue weighted by Crippen LogP contribution is -2.15. The molecule has 0 atom stereocenters. The lowest BCUT2D eigenvalue weighted by Gasteiger charge is -2.13. The molecule has 3 rings (SSSR count). The van der Waals surface area contributed by atoms with Crippen LogP contribution >= 0.6 is 0 Å². The number of rotatable bonds is 5. The molecule has 1 amide bonds. The number of carbonyl (C=O) groups is 1. The molecule has 0 aromatic heterocycles. The van der Waals surface area contributed by atoms with Crippen LogP contribution in [-0.4, -0.2) is 14.3 Å². The zero-order valence-corrected chi connectivity index (χ0v) is 17.1. The molecule has 0 unspecified atom stereocenters. The van der Waals surface area contributed by atoms with Crippen LogP contribution in [0.25, 0.3) is 0 Å². The van der Waals surface area contributed by atoms with Gasteiger partial charge in [-0.3, -0.25) is 9.52 Å². The fraction of sp³-hybridized carbons (Fsp3) is 0.136. The molecule has 5 nitrogen and oxygen atoms in total. The SMILES string of the molecule is Cc1cc(F)ccc1NC(=O)c1ccc(S(=O)(=O)Nc2cccc(C)c2C)cc1. The van der Waals surface area contributed by atoms with Gasteiger partial charge in [-0.1, -0.05) is 12.1 Å². The summed E-state index contributed by atoms with van der Waals surface area (Å²) in [7, 11) is -3.79. The largest absolute Gasteiger partial charge is 0.322 e. The highest BCUT2D eigenvalue weighted by Crippen LogP contribution is 2.23. The summed E-state index contributed by atoms with van der Waals surface area (Å²) in [4.78, 5) is 12.5. The molecule has 0 aliphatic rings. The van der Waals surface area contributed by atoms with Gasteiger partial charge in [-0.25, -0.2) is 12.8 Å². The van der Waals surface area contributed by atoms with Crippen molar-refractivity contribution in [2.75, 3.05) is 10.0 Å². The highest BCUT2D eigenvalue weighted by molar-refractivity contribution is 7.92. The van der Waals surface area contributed by atoms with Crippen molar-refractivity contribution < 1.29 is 17.6 Å². The van der Waals surface area contributed by atoms with E-state index in [-0.39, 0.29) is 10.7 Å². The van der Waals surface area contributed by atoms with E-state index >= 15 is 0 Å². The second kappa shape index (κ2) is 8.05. The Morgan fingerprint density at radius 2 is 1.55 bits per heavy atom. The van der Waals surface area contributed by atoms with Crippen molar-refractivity contribution in [1.29, 1.82) is 0 Å². The molecule has 7 heteroatoms. The van der Waals surface area contributed by atoms with Gasteiger partial charge in [-0.2, -0.15) is 0 Å². The Morgan fingerprint density at radius 3 is 2.21 bits per heavy atom. The van der Waals surface area contributed by atoms with E-state index in [0.717, 1.165) is 11.1 Å². The molecule has 3 aromatic rings. The van der Waals surface area contributed by atoms with Crippen LogP contribution < -0.4 is 10.0 Å². The molecular weight excluding hydrogens is 391 g/mol. The molecular formula is C22H21FN2O3S. The normalized spacial score (nSPS) is 11.2. The fourth-order valence-electron chi connectivity index (χ4n) is 2.81. The number of hydrogen-bond acceptors (Lipinski definition) is 3. The van der Waals surface area contributed by atoms with Crippen LogP contribution in [0.5, 0.6) is 0 Å². The van der Waals surface area contributed by atoms with Crippen LogP contribution in [0, 0.1) is 26.6 Å². The average Bonchev–Trinajstić information content (AvgIpc) is 2.67. The first-order valence-electron chi connectivity index (χ1n) is 8.94. The molecule has 0 saturated heterocycles. The van der Waals surface area contributed by atoms with Gasteiger partial charge in [0.05, 0.1) is 10.6 Å². The number of aryl methyl sites for hydroxylation is 2. The van der Waals surface area contributed by atoms with Gasteiger partial charge in [-0.05, 0) is 86.0 Å². The van der Waals surface area contributed by atoms with Crippen LogP contribution in [0.4, 0.5) is 15.8 Å². The van der Waals surface area contributed by atoms with Gasteiger partial charge in [0.2, 0.25) is 0 Å². The number of nitrogens with one attached hydrogen (secondary N) is 2. The van der Waals surface area contributed by atoms with Crippen LogP contribution in [-0.2, 0) is 10.0 Å². The topological polar surface area (TPSA) is 75.3 Å². The van der Waals surface area contributed by atoms with Crippen molar-refractivity contribution in [2.24, 2.45) is 0 Å². The van der Waals surface area contributed by atoms with E-state index in [0.29, 0.717) is 22.5 Å². The summed E-state index contributed by atoms with van der Waals surface area (Å²) in [6, 6.07) is 15.1. The fourth-order valence-corrected chi connectivity index (χ4v) is 3.94. The number of amides is 1. The number of halogens is 1. The van der Waals surface area contributed by atoms with E-state index in [9.17, 15) is 17.6 Å². The summed E-state index contributed by atoms with van der Waals surface area (Å²) in [5.74, 6) is -0.794. The molecule has 0 heterocycles. The summed E-state index contributed by atoms with van der Waals surface area (Å²) in [5, 5.41) is 2.69. The van der Waals surface area contributed by atoms with E-state index in [2.05, 4.69) is 10.0 Å². The highest BCUT2D eigenvalue weighted by atomic mass is 32.2. The number of sulfonamides is 1. The molecule has 0 aliphatic heterocycles. The van der Waals surface area contributed by atoms with Crippen molar-refractivity contribution in [2.45, 2.75) is 25.7 Å². The van der Waals surface area contributed by atoms with Gasteiger partial charge in [0.1, 0.15) is 5.82 Å². The van der Waals surface area contributed by atoms with Crippen molar-refractivity contribution >= 4 is 27.3 Å². The number of carbonyl (C=O) groups excluding carboxylic acids is 1. The Morgan fingerprint density at radius 1 is 0.862 bits per heavy atom. The Labute approximate surface area is 169 Å². The van der Waals surface area contributed by atoms with E-state index < -0.39 is 15.9 Å². The zero-order valence-electron chi connectivity index (χ0n) is 16.3. The Bertz CT molecular complexity index is 1170. The maximum Gasteiger partial charge on any atom is 0.261 e. The van der Waals surface area contributed by atoms with Crippen molar-refractivity contribution in [3.63, 3.8) is 0 Å². The molecule has 0 radical (unpaired) electrons. The molecule has 150 valence electrons. The van der Waals surface area contributed by atoms with Gasteiger partial charge in [0.25, 0.3) is 15.9 Å². The molecule has 0 saturated carbocycles. The average molecular weight is 412 g/mol. The van der Waals surface area contributed by atoms with Gasteiger partial charge >= 0.3 is 0 Å². The van der Waals surface area contributed by atoms with Crippen LogP contribution in [0.15, 0.2) is 65.6 Å². The van der Waals surface area contributed by atoms with Gasteiger partial charge in [0, 0.05) is 11.3 Å². The predicted molar refractivity (Wildman–Crippen MR) is 112 cm³/mol. The van der Waals surface area contributed by atoms with Crippen molar-refractivity contribution in [3.05, 3.63) is 88.7 Å². The minimum atomic E-state index is -3.79. The Kier molecular flexibility index (Phi) is 5.70. The smallest absolute Gasteiger partial charge is 0.261 e. The maximum absolute atomic E-state index is 13.2. The molecule has 0 bridgehead atoms. The first-order valence-corrected chi connectivity index (χ1v) is 10.4. The van der Waals surface area contributed by atoms with Crippen molar-refractivity contribution in [1.82, 2.24) is 0 Å². The number of benzene rings is 3. The monoisotopic (exact) mass is 412 g/mol. The highest BCUT2D eigenvalue weighted by Gasteiger charge is 2.17. The summed E-state index contributed by atoms with van der Waals surface area (Å²) >= 11 is 0. The van der Waals surface area contributed by atoms with Gasteiger partial charge in [-0.15, -0.1) is 0 Å².